The standard InChI is InChI=1S/C15H14O4/c1-17-9-12-3-5-14(19-12)15(16)11-2-4-13-10(8-11)6-7-18-13/h2-5,8H,6-7,9H2,1H3. The highest BCUT2D eigenvalue weighted by Gasteiger charge is 2.18. The Morgan fingerprint density at radius 1 is 1.32 bits per heavy atom. The first-order valence-corrected chi connectivity index (χ1v) is 6.16. The topological polar surface area (TPSA) is 48.7 Å². The minimum atomic E-state index is -0.114. The molecule has 0 amide bonds. The van der Waals surface area contributed by atoms with Gasteiger partial charge in [0.15, 0.2) is 5.76 Å². The zero-order valence-electron chi connectivity index (χ0n) is 10.6. The highest BCUT2D eigenvalue weighted by atomic mass is 16.5. The molecule has 0 saturated heterocycles. The minimum absolute atomic E-state index is 0.114. The fraction of sp³-hybridized carbons (Fsp3) is 0.267. The number of furan rings is 1. The molecule has 0 atom stereocenters. The van der Waals surface area contributed by atoms with Crippen molar-refractivity contribution in [3.8, 4) is 5.75 Å². The van der Waals surface area contributed by atoms with Crippen LogP contribution in [0.15, 0.2) is 34.7 Å². The van der Waals surface area contributed by atoms with Gasteiger partial charge in [-0.15, -0.1) is 0 Å². The summed E-state index contributed by atoms with van der Waals surface area (Å²) >= 11 is 0. The van der Waals surface area contributed by atoms with Crippen LogP contribution in [0.4, 0.5) is 0 Å². The molecule has 4 heteroatoms. The third-order valence-electron chi connectivity index (χ3n) is 3.12. The van der Waals surface area contributed by atoms with Gasteiger partial charge < -0.3 is 13.9 Å². The molecule has 2 aromatic rings. The first kappa shape index (κ1) is 12.0. The van der Waals surface area contributed by atoms with Crippen molar-refractivity contribution in [1.82, 2.24) is 0 Å². The normalized spacial score (nSPS) is 13.1. The van der Waals surface area contributed by atoms with Crippen molar-refractivity contribution in [2.24, 2.45) is 0 Å². The lowest BCUT2D eigenvalue weighted by molar-refractivity contribution is 0.1000. The number of carbonyl (C=O) groups is 1. The molecule has 4 nitrogen and oxygen atoms in total. The molecular formula is C15H14O4. The summed E-state index contributed by atoms with van der Waals surface area (Å²) in [5.74, 6) is 1.74. The summed E-state index contributed by atoms with van der Waals surface area (Å²) in [6.07, 6.45) is 0.851. The van der Waals surface area contributed by atoms with Crippen LogP contribution < -0.4 is 4.74 Å². The Kier molecular flexibility index (Phi) is 3.09. The van der Waals surface area contributed by atoms with Gasteiger partial charge in [0.25, 0.3) is 0 Å². The van der Waals surface area contributed by atoms with E-state index in [0.29, 0.717) is 30.3 Å². The number of ether oxygens (including phenoxy) is 2. The molecule has 0 saturated carbocycles. The van der Waals surface area contributed by atoms with E-state index < -0.39 is 0 Å². The molecule has 1 aromatic heterocycles. The molecule has 19 heavy (non-hydrogen) atoms. The molecule has 1 aromatic carbocycles. The van der Waals surface area contributed by atoms with Crippen LogP contribution in [0.25, 0.3) is 0 Å². The van der Waals surface area contributed by atoms with Crippen molar-refractivity contribution in [2.75, 3.05) is 13.7 Å². The van der Waals surface area contributed by atoms with Crippen LogP contribution in [0, 0.1) is 0 Å². The number of hydrogen-bond acceptors (Lipinski definition) is 4. The third kappa shape index (κ3) is 2.27. The molecule has 1 aliphatic rings. The van der Waals surface area contributed by atoms with Gasteiger partial charge in [-0.2, -0.15) is 0 Å². The average Bonchev–Trinajstić information content (AvgIpc) is 3.05. The monoisotopic (exact) mass is 258 g/mol. The summed E-state index contributed by atoms with van der Waals surface area (Å²) in [4.78, 5) is 12.3. The second kappa shape index (κ2) is 4.90. The number of benzene rings is 1. The Morgan fingerprint density at radius 2 is 2.21 bits per heavy atom. The molecule has 0 bridgehead atoms. The van der Waals surface area contributed by atoms with Crippen molar-refractivity contribution in [3.05, 3.63) is 53.0 Å². The van der Waals surface area contributed by atoms with E-state index in [0.717, 1.165) is 17.7 Å². The van der Waals surface area contributed by atoms with E-state index in [-0.39, 0.29) is 5.78 Å². The second-order valence-electron chi connectivity index (χ2n) is 4.45. The number of fused-ring (bicyclic) bond motifs is 1. The maximum Gasteiger partial charge on any atom is 0.228 e. The van der Waals surface area contributed by atoms with E-state index >= 15 is 0 Å². The SMILES string of the molecule is COCc1ccc(C(=O)c2ccc3c(c2)CCO3)o1. The fourth-order valence-corrected chi connectivity index (χ4v) is 2.19. The second-order valence-corrected chi connectivity index (χ2v) is 4.45. The summed E-state index contributed by atoms with van der Waals surface area (Å²) in [5.41, 5.74) is 1.71. The van der Waals surface area contributed by atoms with Crippen molar-refractivity contribution in [1.29, 1.82) is 0 Å². The van der Waals surface area contributed by atoms with Crippen LogP contribution in [0.2, 0.25) is 0 Å². The zero-order valence-corrected chi connectivity index (χ0v) is 10.6. The number of carbonyl (C=O) groups excluding carboxylic acids is 1. The van der Waals surface area contributed by atoms with E-state index in [9.17, 15) is 4.79 Å². The summed E-state index contributed by atoms with van der Waals surface area (Å²) < 4.78 is 15.8. The molecule has 0 fully saturated rings. The van der Waals surface area contributed by atoms with E-state index in [2.05, 4.69) is 0 Å². The van der Waals surface area contributed by atoms with Crippen molar-refractivity contribution >= 4 is 5.78 Å². The van der Waals surface area contributed by atoms with Gasteiger partial charge in [0.1, 0.15) is 18.1 Å². The van der Waals surface area contributed by atoms with Crippen LogP contribution in [-0.2, 0) is 17.8 Å². The molecule has 0 radical (unpaired) electrons. The van der Waals surface area contributed by atoms with E-state index in [1.807, 2.05) is 12.1 Å². The largest absolute Gasteiger partial charge is 0.493 e. The van der Waals surface area contributed by atoms with Crippen molar-refractivity contribution < 1.29 is 18.7 Å². The Balaban J connectivity index is 1.86. The molecule has 1 aliphatic heterocycles. The highest BCUT2D eigenvalue weighted by molar-refractivity contribution is 6.07. The Hall–Kier alpha value is -2.07. The smallest absolute Gasteiger partial charge is 0.228 e. The van der Waals surface area contributed by atoms with Gasteiger partial charge in [-0.1, -0.05) is 0 Å². The maximum atomic E-state index is 12.3. The summed E-state index contributed by atoms with van der Waals surface area (Å²) in [5, 5.41) is 0. The number of methoxy groups -OCH3 is 1. The predicted molar refractivity (Wildman–Crippen MR) is 68.5 cm³/mol. The number of rotatable bonds is 4. The minimum Gasteiger partial charge on any atom is -0.493 e. The molecule has 0 spiro atoms. The van der Waals surface area contributed by atoms with E-state index in [4.69, 9.17) is 13.9 Å². The van der Waals surface area contributed by atoms with Gasteiger partial charge in [0.2, 0.25) is 5.78 Å². The summed E-state index contributed by atoms with van der Waals surface area (Å²) in [6.45, 7) is 1.05. The third-order valence-corrected chi connectivity index (χ3v) is 3.12. The summed E-state index contributed by atoms with van der Waals surface area (Å²) in [7, 11) is 1.59. The van der Waals surface area contributed by atoms with Crippen LogP contribution in [0.1, 0.15) is 27.4 Å². The lowest BCUT2D eigenvalue weighted by Crippen LogP contribution is -2.00. The molecule has 0 aliphatic carbocycles. The Labute approximate surface area is 110 Å². The van der Waals surface area contributed by atoms with Gasteiger partial charge in [-0.25, -0.2) is 0 Å². The fourth-order valence-electron chi connectivity index (χ4n) is 2.19. The molecule has 98 valence electrons. The van der Waals surface area contributed by atoms with E-state index in [1.165, 1.54) is 0 Å². The Morgan fingerprint density at radius 3 is 3.05 bits per heavy atom. The van der Waals surface area contributed by atoms with E-state index in [1.54, 1.807) is 25.3 Å². The van der Waals surface area contributed by atoms with Gasteiger partial charge in [-0.3, -0.25) is 4.79 Å². The molecule has 0 unspecified atom stereocenters. The zero-order chi connectivity index (χ0) is 13.2. The van der Waals surface area contributed by atoms with Crippen LogP contribution >= 0.6 is 0 Å². The molecule has 2 heterocycles. The van der Waals surface area contributed by atoms with Gasteiger partial charge in [-0.05, 0) is 35.9 Å². The lowest BCUT2D eigenvalue weighted by Gasteiger charge is -2.02. The quantitative estimate of drug-likeness (QED) is 0.791. The summed E-state index contributed by atoms with van der Waals surface area (Å²) in [6, 6.07) is 8.93. The van der Waals surface area contributed by atoms with Crippen LogP contribution in [0.3, 0.4) is 0 Å². The molecular weight excluding hydrogens is 244 g/mol. The molecule has 0 N–H and O–H groups in total. The van der Waals surface area contributed by atoms with Crippen molar-refractivity contribution in [3.63, 3.8) is 0 Å². The van der Waals surface area contributed by atoms with Gasteiger partial charge in [0, 0.05) is 19.1 Å². The number of ketones is 1. The van der Waals surface area contributed by atoms with Crippen molar-refractivity contribution in [2.45, 2.75) is 13.0 Å². The van der Waals surface area contributed by atoms with Gasteiger partial charge in [0.05, 0.1) is 6.61 Å². The van der Waals surface area contributed by atoms with Crippen LogP contribution in [0.5, 0.6) is 5.75 Å². The lowest BCUT2D eigenvalue weighted by atomic mass is 10.0. The predicted octanol–water partition coefficient (Wildman–Crippen LogP) is 2.59. The first-order valence-electron chi connectivity index (χ1n) is 6.16. The average molecular weight is 258 g/mol. The highest BCUT2D eigenvalue weighted by Crippen LogP contribution is 2.27. The Bertz CT molecular complexity index is 612. The maximum absolute atomic E-state index is 12.3. The first-order chi connectivity index (χ1) is 9.28. The van der Waals surface area contributed by atoms with Crippen LogP contribution in [-0.4, -0.2) is 19.5 Å². The molecule has 3 rings (SSSR count). The van der Waals surface area contributed by atoms with Gasteiger partial charge >= 0.3 is 0 Å². The number of hydrogen-bond donors (Lipinski definition) is 0.